The minimum Gasteiger partial charge on any atom is -0.339 e. The number of nitrogens with two attached hydrogens (primary N) is 1. The number of rotatable bonds is 3. The molecule has 2 fully saturated rings. The first-order valence-corrected chi connectivity index (χ1v) is 8.98. The predicted molar refractivity (Wildman–Crippen MR) is 92.8 cm³/mol. The lowest BCUT2D eigenvalue weighted by Gasteiger charge is -2.37. The van der Waals surface area contributed by atoms with Crippen LogP contribution in [0.4, 0.5) is 5.13 Å². The molecule has 2 aliphatic rings. The molecule has 1 aliphatic carbocycles. The highest BCUT2D eigenvalue weighted by atomic mass is 32.1. The highest BCUT2D eigenvalue weighted by molar-refractivity contribution is 7.20. The zero-order valence-corrected chi connectivity index (χ0v) is 13.7. The number of aromatic nitrogens is 3. The smallest absolute Gasteiger partial charge is 0.214 e. The lowest BCUT2D eigenvalue weighted by molar-refractivity contribution is 0.429. The topological polar surface area (TPSA) is 59.5 Å². The fourth-order valence-electron chi connectivity index (χ4n) is 4.19. The first kappa shape index (κ1) is 13.5. The lowest BCUT2D eigenvalue weighted by Crippen LogP contribution is -2.50. The minimum absolute atomic E-state index is 0.142. The van der Waals surface area contributed by atoms with Crippen LogP contribution in [-0.4, -0.2) is 33.2 Å². The van der Waals surface area contributed by atoms with Gasteiger partial charge in [-0.15, -0.1) is 5.10 Å². The van der Waals surface area contributed by atoms with Gasteiger partial charge < -0.3 is 10.6 Å². The molecule has 2 atom stereocenters. The van der Waals surface area contributed by atoms with Crippen LogP contribution in [0, 0.1) is 5.92 Å². The maximum absolute atomic E-state index is 6.12. The van der Waals surface area contributed by atoms with Gasteiger partial charge in [0.1, 0.15) is 0 Å². The van der Waals surface area contributed by atoms with Crippen molar-refractivity contribution < 1.29 is 0 Å². The van der Waals surface area contributed by atoms with Crippen LogP contribution in [0.15, 0.2) is 36.5 Å². The van der Waals surface area contributed by atoms with Gasteiger partial charge in [0.15, 0.2) is 0 Å². The minimum atomic E-state index is 0.142. The van der Waals surface area contributed by atoms with Gasteiger partial charge >= 0.3 is 0 Å². The van der Waals surface area contributed by atoms with Crippen LogP contribution in [0.1, 0.15) is 19.3 Å². The molecule has 0 amide bonds. The molecule has 0 spiro atoms. The fraction of sp³-hybridized carbons (Fsp3) is 0.412. The van der Waals surface area contributed by atoms with Crippen molar-refractivity contribution in [3.05, 3.63) is 36.5 Å². The Morgan fingerprint density at radius 2 is 2.17 bits per heavy atom. The molecule has 6 heteroatoms. The maximum Gasteiger partial charge on any atom is 0.214 e. The van der Waals surface area contributed by atoms with Gasteiger partial charge in [-0.05, 0) is 25.2 Å². The van der Waals surface area contributed by atoms with Gasteiger partial charge in [-0.25, -0.2) is 9.50 Å². The van der Waals surface area contributed by atoms with E-state index in [9.17, 15) is 0 Å². The predicted octanol–water partition coefficient (Wildman–Crippen LogP) is 2.78. The standard InChI is InChI=1S/C17H19N5S/c18-11-17-7-6-12(8-17)9-21(17)16-20-22-10-14(19-15(22)23-16)13-4-2-1-3-5-13/h1-5,10,12H,6-9,11,18H2. The molecule has 2 aromatic heterocycles. The molecule has 3 heterocycles. The summed E-state index contributed by atoms with van der Waals surface area (Å²) in [6.07, 6.45) is 5.76. The molecular formula is C17H19N5S. The number of anilines is 1. The highest BCUT2D eigenvalue weighted by Crippen LogP contribution is 2.48. The summed E-state index contributed by atoms with van der Waals surface area (Å²) in [7, 11) is 0. The third-order valence-electron chi connectivity index (χ3n) is 5.41. The summed E-state index contributed by atoms with van der Waals surface area (Å²) < 4.78 is 1.92. The maximum atomic E-state index is 6.12. The molecule has 0 radical (unpaired) electrons. The third kappa shape index (κ3) is 1.95. The molecule has 5 rings (SSSR count). The van der Waals surface area contributed by atoms with Crippen LogP contribution >= 0.6 is 11.3 Å². The molecule has 3 aromatic rings. The Bertz CT molecular complexity index is 823. The number of piperidine rings is 1. The summed E-state index contributed by atoms with van der Waals surface area (Å²) in [6, 6.07) is 10.3. The number of imidazole rings is 1. The molecule has 5 nitrogen and oxygen atoms in total. The summed E-state index contributed by atoms with van der Waals surface area (Å²) >= 11 is 1.67. The van der Waals surface area contributed by atoms with Crippen molar-refractivity contribution in [3.63, 3.8) is 0 Å². The Kier molecular flexibility index (Phi) is 2.81. The Balaban J connectivity index is 1.51. The van der Waals surface area contributed by atoms with E-state index < -0.39 is 0 Å². The van der Waals surface area contributed by atoms with E-state index in [2.05, 4.69) is 17.0 Å². The van der Waals surface area contributed by atoms with E-state index in [1.165, 1.54) is 19.3 Å². The Morgan fingerprint density at radius 3 is 2.91 bits per heavy atom. The van der Waals surface area contributed by atoms with Crippen LogP contribution in [0.3, 0.4) is 0 Å². The van der Waals surface area contributed by atoms with Crippen molar-refractivity contribution in [3.8, 4) is 11.3 Å². The molecule has 1 aromatic carbocycles. The van der Waals surface area contributed by atoms with Crippen molar-refractivity contribution in [2.24, 2.45) is 11.7 Å². The molecule has 2 unspecified atom stereocenters. The van der Waals surface area contributed by atoms with Gasteiger partial charge in [-0.1, -0.05) is 41.7 Å². The summed E-state index contributed by atoms with van der Waals surface area (Å²) in [5, 5.41) is 5.86. The van der Waals surface area contributed by atoms with Gasteiger partial charge in [0.25, 0.3) is 0 Å². The van der Waals surface area contributed by atoms with Gasteiger partial charge in [-0.2, -0.15) is 0 Å². The second-order valence-corrected chi connectivity index (χ2v) is 7.69. The van der Waals surface area contributed by atoms with Gasteiger partial charge in [-0.3, -0.25) is 0 Å². The zero-order chi connectivity index (χ0) is 15.4. The van der Waals surface area contributed by atoms with E-state index in [1.54, 1.807) is 11.3 Å². The number of fused-ring (bicyclic) bond motifs is 3. The monoisotopic (exact) mass is 325 g/mol. The molecule has 2 N–H and O–H groups in total. The molecule has 2 bridgehead atoms. The van der Waals surface area contributed by atoms with E-state index in [0.29, 0.717) is 0 Å². The normalized spacial score (nSPS) is 26.5. The molecule has 23 heavy (non-hydrogen) atoms. The molecular weight excluding hydrogens is 306 g/mol. The van der Waals surface area contributed by atoms with Crippen LogP contribution in [0.2, 0.25) is 0 Å². The quantitative estimate of drug-likeness (QED) is 0.804. The summed E-state index contributed by atoms with van der Waals surface area (Å²) in [4.78, 5) is 8.15. The zero-order valence-electron chi connectivity index (χ0n) is 12.9. The lowest BCUT2D eigenvalue weighted by atomic mass is 9.98. The average Bonchev–Trinajstić information content (AvgIpc) is 3.33. The highest BCUT2D eigenvalue weighted by Gasteiger charge is 2.50. The molecule has 1 aliphatic heterocycles. The molecule has 1 saturated heterocycles. The van der Waals surface area contributed by atoms with E-state index in [0.717, 1.165) is 40.4 Å². The van der Waals surface area contributed by atoms with Crippen LogP contribution in [0.5, 0.6) is 0 Å². The number of nitrogens with zero attached hydrogens (tertiary/aromatic N) is 4. The van der Waals surface area contributed by atoms with E-state index >= 15 is 0 Å². The van der Waals surface area contributed by atoms with Crippen LogP contribution in [-0.2, 0) is 0 Å². The van der Waals surface area contributed by atoms with Crippen molar-refractivity contribution in [2.75, 3.05) is 18.0 Å². The van der Waals surface area contributed by atoms with Crippen LogP contribution < -0.4 is 10.6 Å². The van der Waals surface area contributed by atoms with Gasteiger partial charge in [0, 0.05) is 18.7 Å². The Morgan fingerprint density at radius 1 is 1.30 bits per heavy atom. The van der Waals surface area contributed by atoms with Gasteiger partial charge in [0.2, 0.25) is 10.1 Å². The van der Waals surface area contributed by atoms with E-state index in [4.69, 9.17) is 15.8 Å². The first-order valence-electron chi connectivity index (χ1n) is 8.17. The Labute approximate surface area is 138 Å². The van der Waals surface area contributed by atoms with Crippen LogP contribution in [0.25, 0.3) is 16.2 Å². The summed E-state index contributed by atoms with van der Waals surface area (Å²) in [5.74, 6) is 0.787. The van der Waals surface area contributed by atoms with Crippen molar-refractivity contribution in [1.29, 1.82) is 0 Å². The third-order valence-corrected chi connectivity index (χ3v) is 6.36. The summed E-state index contributed by atoms with van der Waals surface area (Å²) in [6.45, 7) is 1.82. The second-order valence-electron chi connectivity index (χ2n) is 6.75. The average molecular weight is 325 g/mol. The summed E-state index contributed by atoms with van der Waals surface area (Å²) in [5.41, 5.74) is 8.37. The van der Waals surface area contributed by atoms with E-state index in [-0.39, 0.29) is 5.54 Å². The SMILES string of the molecule is NCC12CCC(CN1c1nn3cc(-c4ccccc4)nc3s1)C2. The number of benzene rings is 1. The van der Waals surface area contributed by atoms with E-state index in [1.807, 2.05) is 28.9 Å². The van der Waals surface area contributed by atoms with Crippen molar-refractivity contribution in [1.82, 2.24) is 14.6 Å². The number of hydrogen-bond acceptors (Lipinski definition) is 5. The molecule has 1 saturated carbocycles. The largest absolute Gasteiger partial charge is 0.339 e. The first-order chi connectivity index (χ1) is 11.3. The second kappa shape index (κ2) is 4.79. The fourth-order valence-corrected chi connectivity index (χ4v) is 5.19. The van der Waals surface area contributed by atoms with Gasteiger partial charge in [0.05, 0.1) is 17.4 Å². The Hall–Kier alpha value is -1.92. The van der Waals surface area contributed by atoms with Crippen molar-refractivity contribution >= 4 is 21.4 Å². The molecule has 118 valence electrons. The van der Waals surface area contributed by atoms with Crippen molar-refractivity contribution in [2.45, 2.75) is 24.8 Å². The number of hydrogen-bond donors (Lipinski definition) is 1.